The van der Waals surface area contributed by atoms with Crippen LogP contribution < -0.4 is 11.1 Å². The van der Waals surface area contributed by atoms with Crippen LogP contribution in [0.2, 0.25) is 0 Å². The topological polar surface area (TPSA) is 103 Å². The van der Waals surface area contributed by atoms with Gasteiger partial charge in [0.25, 0.3) is 0 Å². The summed E-state index contributed by atoms with van der Waals surface area (Å²) >= 11 is 1.14. The first kappa shape index (κ1) is 17.9. The lowest BCUT2D eigenvalue weighted by Crippen LogP contribution is -2.42. The Bertz CT molecular complexity index is 762. The van der Waals surface area contributed by atoms with Crippen LogP contribution in [-0.4, -0.2) is 32.0 Å². The summed E-state index contributed by atoms with van der Waals surface area (Å²) in [4.78, 5) is 23.0. The number of hydrogen-bond donors (Lipinski definition) is 2. The van der Waals surface area contributed by atoms with E-state index in [1.54, 1.807) is 29.8 Å². The van der Waals surface area contributed by atoms with Crippen molar-refractivity contribution in [2.75, 3.05) is 0 Å². The number of urea groups is 1. The minimum absolute atomic E-state index is 0.0806. The van der Waals surface area contributed by atoms with Crippen LogP contribution in [0.3, 0.4) is 0 Å². The van der Waals surface area contributed by atoms with E-state index in [9.17, 15) is 14.0 Å². The molecular formula is C15H18FN5O2S. The van der Waals surface area contributed by atoms with Gasteiger partial charge in [0, 0.05) is 7.05 Å². The summed E-state index contributed by atoms with van der Waals surface area (Å²) in [7, 11) is 1.69. The molecular weight excluding hydrogens is 333 g/mol. The molecule has 0 spiro atoms. The number of hydrogen-bond acceptors (Lipinski definition) is 5. The maximum Gasteiger partial charge on any atom is 0.318 e. The quantitative estimate of drug-likeness (QED) is 0.801. The van der Waals surface area contributed by atoms with Crippen LogP contribution in [0.1, 0.15) is 13.8 Å². The smallest absolute Gasteiger partial charge is 0.318 e. The number of halogens is 1. The molecule has 1 atom stereocenters. The molecule has 128 valence electrons. The average molecular weight is 351 g/mol. The van der Waals surface area contributed by atoms with Gasteiger partial charge in [-0.3, -0.25) is 10.1 Å². The minimum atomic E-state index is -0.906. The number of aromatic nitrogens is 3. The molecule has 0 saturated heterocycles. The Morgan fingerprint density at radius 3 is 2.54 bits per heavy atom. The van der Waals surface area contributed by atoms with Crippen molar-refractivity contribution in [3.05, 3.63) is 30.1 Å². The van der Waals surface area contributed by atoms with Crippen molar-refractivity contribution in [1.29, 1.82) is 0 Å². The average Bonchev–Trinajstić information content (AvgIpc) is 2.85. The standard InChI is InChI=1S/C15H18FN5O2S/c1-8(2)11(13(22)18-14(17)23)24-15-20-19-12(21(15)3)9-6-4-5-7-10(9)16/h4-8,11H,1-3H3,(H3,17,18,22,23)/t11-/m1/s1. The molecule has 0 bridgehead atoms. The first-order valence-corrected chi connectivity index (χ1v) is 8.10. The summed E-state index contributed by atoms with van der Waals surface area (Å²) in [6.07, 6.45) is 0. The maximum atomic E-state index is 13.9. The summed E-state index contributed by atoms with van der Waals surface area (Å²) in [6, 6.07) is 5.34. The number of carbonyl (C=O) groups is 2. The van der Waals surface area contributed by atoms with Gasteiger partial charge in [0.2, 0.25) is 5.91 Å². The molecule has 0 fully saturated rings. The van der Waals surface area contributed by atoms with E-state index < -0.39 is 23.0 Å². The Balaban J connectivity index is 2.28. The second-order valence-corrected chi connectivity index (χ2v) is 6.59. The van der Waals surface area contributed by atoms with Gasteiger partial charge in [0.05, 0.1) is 10.8 Å². The second-order valence-electron chi connectivity index (χ2n) is 5.48. The Labute approximate surface area is 142 Å². The third kappa shape index (κ3) is 3.91. The predicted molar refractivity (Wildman–Crippen MR) is 88.6 cm³/mol. The minimum Gasteiger partial charge on any atom is -0.351 e. The third-order valence-electron chi connectivity index (χ3n) is 3.29. The number of thioether (sulfide) groups is 1. The summed E-state index contributed by atoms with van der Waals surface area (Å²) in [5.74, 6) is -0.634. The van der Waals surface area contributed by atoms with Crippen LogP contribution in [0.5, 0.6) is 0 Å². The van der Waals surface area contributed by atoms with Gasteiger partial charge in [0.1, 0.15) is 5.82 Å². The number of nitrogens with zero attached hydrogens (tertiary/aromatic N) is 3. The highest BCUT2D eigenvalue weighted by Crippen LogP contribution is 2.30. The summed E-state index contributed by atoms with van der Waals surface area (Å²) < 4.78 is 15.5. The van der Waals surface area contributed by atoms with Crippen molar-refractivity contribution in [2.24, 2.45) is 18.7 Å². The molecule has 0 unspecified atom stereocenters. The Morgan fingerprint density at radius 2 is 1.96 bits per heavy atom. The lowest BCUT2D eigenvalue weighted by molar-refractivity contribution is -0.120. The van der Waals surface area contributed by atoms with Crippen LogP contribution in [0.25, 0.3) is 11.4 Å². The third-order valence-corrected chi connectivity index (χ3v) is 4.87. The molecule has 3 N–H and O–H groups in total. The van der Waals surface area contributed by atoms with E-state index >= 15 is 0 Å². The van der Waals surface area contributed by atoms with E-state index in [-0.39, 0.29) is 5.92 Å². The van der Waals surface area contributed by atoms with Crippen LogP contribution in [0, 0.1) is 11.7 Å². The zero-order valence-electron chi connectivity index (χ0n) is 13.5. The summed E-state index contributed by atoms with van der Waals surface area (Å²) in [5.41, 5.74) is 5.32. The van der Waals surface area contributed by atoms with Gasteiger partial charge in [-0.2, -0.15) is 0 Å². The number of nitrogens with two attached hydrogens (primary N) is 1. The predicted octanol–water partition coefficient (Wildman–Crippen LogP) is 1.93. The first-order valence-electron chi connectivity index (χ1n) is 7.22. The van der Waals surface area contributed by atoms with Gasteiger partial charge in [-0.1, -0.05) is 37.7 Å². The Kier molecular flexibility index (Phi) is 5.55. The van der Waals surface area contributed by atoms with E-state index in [4.69, 9.17) is 5.73 Å². The highest BCUT2D eigenvalue weighted by Gasteiger charge is 2.27. The fraction of sp³-hybridized carbons (Fsp3) is 0.333. The number of rotatable bonds is 5. The molecule has 2 rings (SSSR count). The first-order chi connectivity index (χ1) is 11.3. The zero-order valence-corrected chi connectivity index (χ0v) is 14.3. The van der Waals surface area contributed by atoms with Gasteiger partial charge in [0.15, 0.2) is 11.0 Å². The normalized spacial score (nSPS) is 12.2. The van der Waals surface area contributed by atoms with E-state index in [1.807, 2.05) is 13.8 Å². The molecule has 7 nitrogen and oxygen atoms in total. The van der Waals surface area contributed by atoms with Crippen molar-refractivity contribution in [1.82, 2.24) is 20.1 Å². The zero-order chi connectivity index (χ0) is 17.9. The van der Waals surface area contributed by atoms with Gasteiger partial charge in [-0.15, -0.1) is 10.2 Å². The summed E-state index contributed by atoms with van der Waals surface area (Å²) in [6.45, 7) is 3.68. The van der Waals surface area contributed by atoms with Gasteiger partial charge >= 0.3 is 6.03 Å². The highest BCUT2D eigenvalue weighted by atomic mass is 32.2. The van der Waals surface area contributed by atoms with E-state index in [2.05, 4.69) is 15.5 Å². The molecule has 2 aromatic rings. The SMILES string of the molecule is CC(C)[C@@H](Sc1nnc(-c2ccccc2F)n1C)C(=O)NC(N)=O. The Morgan fingerprint density at radius 1 is 1.29 bits per heavy atom. The molecule has 0 radical (unpaired) electrons. The number of imide groups is 1. The molecule has 0 aliphatic carbocycles. The van der Waals surface area contributed by atoms with Crippen LogP contribution in [0.15, 0.2) is 29.4 Å². The monoisotopic (exact) mass is 351 g/mol. The van der Waals surface area contributed by atoms with Gasteiger partial charge in [-0.25, -0.2) is 9.18 Å². The lowest BCUT2D eigenvalue weighted by atomic mass is 10.1. The number of primary amides is 1. The van der Waals surface area contributed by atoms with E-state index in [0.717, 1.165) is 11.8 Å². The fourth-order valence-electron chi connectivity index (χ4n) is 2.09. The van der Waals surface area contributed by atoms with Crippen molar-refractivity contribution in [3.8, 4) is 11.4 Å². The van der Waals surface area contributed by atoms with Crippen LogP contribution >= 0.6 is 11.8 Å². The summed E-state index contributed by atoms with van der Waals surface area (Å²) in [5, 5.41) is 9.96. The molecule has 0 saturated carbocycles. The van der Waals surface area contributed by atoms with Crippen LogP contribution in [-0.2, 0) is 11.8 Å². The van der Waals surface area contributed by atoms with E-state index in [1.165, 1.54) is 6.07 Å². The van der Waals surface area contributed by atoms with Crippen molar-refractivity contribution in [2.45, 2.75) is 24.3 Å². The van der Waals surface area contributed by atoms with Crippen molar-refractivity contribution < 1.29 is 14.0 Å². The maximum absolute atomic E-state index is 13.9. The molecule has 1 aromatic carbocycles. The molecule has 0 aliphatic heterocycles. The number of amides is 3. The number of carbonyl (C=O) groups excluding carboxylic acids is 2. The van der Waals surface area contributed by atoms with Crippen LogP contribution in [0.4, 0.5) is 9.18 Å². The molecule has 24 heavy (non-hydrogen) atoms. The molecule has 1 heterocycles. The van der Waals surface area contributed by atoms with Gasteiger partial charge in [-0.05, 0) is 18.1 Å². The highest BCUT2D eigenvalue weighted by molar-refractivity contribution is 8.00. The van der Waals surface area contributed by atoms with Crippen molar-refractivity contribution in [3.63, 3.8) is 0 Å². The number of benzene rings is 1. The van der Waals surface area contributed by atoms with Gasteiger partial charge < -0.3 is 10.3 Å². The largest absolute Gasteiger partial charge is 0.351 e. The van der Waals surface area contributed by atoms with E-state index in [0.29, 0.717) is 16.5 Å². The lowest BCUT2D eigenvalue weighted by Gasteiger charge is -2.18. The fourth-order valence-corrected chi connectivity index (χ4v) is 3.09. The molecule has 0 aliphatic rings. The molecule has 1 aromatic heterocycles. The molecule has 3 amide bonds. The molecule has 9 heteroatoms. The Hall–Kier alpha value is -2.42. The van der Waals surface area contributed by atoms with Crippen molar-refractivity contribution >= 4 is 23.7 Å². The second kappa shape index (κ2) is 7.43. The number of nitrogens with one attached hydrogen (secondary N) is 1.